The van der Waals surface area contributed by atoms with Crippen molar-refractivity contribution < 1.29 is 45.0 Å². The Morgan fingerprint density at radius 3 is 1.43 bits per heavy atom. The van der Waals surface area contributed by atoms with Crippen LogP contribution in [0.25, 0.3) is 0 Å². The largest absolute Gasteiger partial charge is 0.421 e. The molecule has 0 aliphatic carbocycles. The van der Waals surface area contributed by atoms with Crippen molar-refractivity contribution in [2.24, 2.45) is 0 Å². The molecule has 0 amide bonds. The predicted octanol–water partition coefficient (Wildman–Crippen LogP) is 1.16. The first kappa shape index (κ1) is 23.5. The first-order valence-corrected chi connectivity index (χ1v) is 10.6. The van der Waals surface area contributed by atoms with E-state index < -0.39 is 67.0 Å². The van der Waals surface area contributed by atoms with Crippen molar-refractivity contribution in [3.8, 4) is 11.5 Å². The molecule has 1 aromatic carbocycles. The average Bonchev–Trinajstić information content (AvgIpc) is 2.56. The summed E-state index contributed by atoms with van der Waals surface area (Å²) < 4.78 is 73.2. The average molecular weight is 434 g/mol. The van der Waals surface area contributed by atoms with Crippen LogP contribution in [0.4, 0.5) is 0 Å². The maximum Gasteiger partial charge on any atom is 0.332 e. The number of allylic oxidation sites excluding steroid dienone is 2. The van der Waals surface area contributed by atoms with E-state index in [0.717, 1.165) is 24.3 Å². The summed E-state index contributed by atoms with van der Waals surface area (Å²) in [6, 6.07) is 5.01. The first-order valence-electron chi connectivity index (χ1n) is 7.58. The van der Waals surface area contributed by atoms with Crippen molar-refractivity contribution in [1.82, 2.24) is 0 Å². The zero-order valence-electron chi connectivity index (χ0n) is 14.4. The minimum absolute atomic E-state index is 0.411. The summed E-state index contributed by atoms with van der Waals surface area (Å²) >= 11 is 0. The number of benzene rings is 1. The third-order valence-corrected chi connectivity index (χ3v) is 5.48. The SMILES string of the molecule is C=CCC(C(=O)Oc1ccccc1OC(=O)C(CC=C)S(=O)(=O)O)S(=O)(=O)O. The minimum atomic E-state index is -4.80. The van der Waals surface area contributed by atoms with E-state index in [2.05, 4.69) is 13.2 Å². The van der Waals surface area contributed by atoms with E-state index in [1.54, 1.807) is 0 Å². The third kappa shape index (κ3) is 6.56. The van der Waals surface area contributed by atoms with Crippen molar-refractivity contribution in [1.29, 1.82) is 0 Å². The van der Waals surface area contributed by atoms with Gasteiger partial charge in [-0.25, -0.2) is 0 Å². The molecule has 0 aromatic heterocycles. The van der Waals surface area contributed by atoms with Crippen LogP contribution in [-0.2, 0) is 29.8 Å². The molecular formula is C16H18O10S2. The van der Waals surface area contributed by atoms with Gasteiger partial charge in [0.25, 0.3) is 20.2 Å². The van der Waals surface area contributed by atoms with Crippen molar-refractivity contribution in [3.63, 3.8) is 0 Å². The molecule has 0 fully saturated rings. The molecule has 0 spiro atoms. The molecule has 0 bridgehead atoms. The second kappa shape index (κ2) is 9.59. The fraction of sp³-hybridized carbons (Fsp3) is 0.250. The van der Waals surface area contributed by atoms with E-state index >= 15 is 0 Å². The molecule has 12 heteroatoms. The molecule has 1 aromatic rings. The number of esters is 2. The van der Waals surface area contributed by atoms with Crippen molar-refractivity contribution in [2.75, 3.05) is 0 Å². The van der Waals surface area contributed by atoms with Gasteiger partial charge in [0, 0.05) is 0 Å². The lowest BCUT2D eigenvalue weighted by molar-refractivity contribution is -0.136. The highest BCUT2D eigenvalue weighted by molar-refractivity contribution is 7.87. The summed E-state index contributed by atoms with van der Waals surface area (Å²) in [4.78, 5) is 24.2. The van der Waals surface area contributed by atoms with Gasteiger partial charge in [-0.05, 0) is 25.0 Å². The highest BCUT2D eigenvalue weighted by atomic mass is 32.2. The Balaban J connectivity index is 3.14. The van der Waals surface area contributed by atoms with Gasteiger partial charge in [0.05, 0.1) is 0 Å². The van der Waals surface area contributed by atoms with Crippen LogP contribution in [0.2, 0.25) is 0 Å². The maximum atomic E-state index is 12.1. The normalized spacial score (nSPS) is 13.8. The molecule has 0 radical (unpaired) electrons. The van der Waals surface area contributed by atoms with Gasteiger partial charge in [0.2, 0.25) is 0 Å². The Labute approximate surface area is 162 Å². The smallest absolute Gasteiger partial charge is 0.332 e. The molecule has 154 valence electrons. The molecule has 2 N–H and O–H groups in total. The Bertz CT molecular complexity index is 884. The Morgan fingerprint density at radius 2 is 1.18 bits per heavy atom. The minimum Gasteiger partial charge on any atom is -0.421 e. The Morgan fingerprint density at radius 1 is 0.857 bits per heavy atom. The van der Waals surface area contributed by atoms with E-state index in [0.29, 0.717) is 0 Å². The van der Waals surface area contributed by atoms with Gasteiger partial charge < -0.3 is 9.47 Å². The lowest BCUT2D eigenvalue weighted by atomic mass is 10.3. The van der Waals surface area contributed by atoms with Crippen LogP contribution in [0.3, 0.4) is 0 Å². The van der Waals surface area contributed by atoms with Gasteiger partial charge >= 0.3 is 11.9 Å². The van der Waals surface area contributed by atoms with E-state index in [1.807, 2.05) is 0 Å². The lowest BCUT2D eigenvalue weighted by Gasteiger charge is -2.15. The van der Waals surface area contributed by atoms with Crippen molar-refractivity contribution in [2.45, 2.75) is 23.3 Å². The molecular weight excluding hydrogens is 416 g/mol. The predicted molar refractivity (Wildman–Crippen MR) is 98.0 cm³/mol. The summed E-state index contributed by atoms with van der Waals surface area (Å²) in [5.41, 5.74) is 0. The quantitative estimate of drug-likeness (QED) is 0.236. The standard InChI is InChI=1S/C16H18O10S2/c1-3-7-13(27(19,20)21)15(17)25-11-9-5-6-10-12(11)26-16(18)14(8-4-2)28(22,23)24/h3-6,9-10,13-14H,1-2,7-8H2,(H,19,20,21)(H,22,23,24). The fourth-order valence-corrected chi connectivity index (χ4v) is 3.29. The molecule has 0 saturated heterocycles. The second-order valence-corrected chi connectivity index (χ2v) is 8.54. The molecule has 2 unspecified atom stereocenters. The molecule has 0 saturated carbocycles. The Hall–Kier alpha value is -2.54. The number of rotatable bonds is 10. The van der Waals surface area contributed by atoms with Crippen LogP contribution in [0.1, 0.15) is 12.8 Å². The van der Waals surface area contributed by atoms with E-state index in [-0.39, 0.29) is 0 Å². The number of ether oxygens (including phenoxy) is 2. The summed E-state index contributed by atoms with van der Waals surface area (Å²) in [5.74, 6) is -3.57. The van der Waals surface area contributed by atoms with Crippen molar-refractivity contribution >= 4 is 32.2 Å². The number of carbonyl (C=O) groups excluding carboxylic acids is 2. The van der Waals surface area contributed by atoms with E-state index in [9.17, 15) is 26.4 Å². The second-order valence-electron chi connectivity index (χ2n) is 5.34. The molecule has 28 heavy (non-hydrogen) atoms. The first-order chi connectivity index (χ1) is 12.9. The van der Waals surface area contributed by atoms with Gasteiger partial charge in [0.1, 0.15) is 0 Å². The van der Waals surface area contributed by atoms with Crippen LogP contribution in [0, 0.1) is 0 Å². The van der Waals surface area contributed by atoms with Gasteiger partial charge in [-0.3, -0.25) is 18.7 Å². The monoisotopic (exact) mass is 434 g/mol. The van der Waals surface area contributed by atoms with Crippen LogP contribution >= 0.6 is 0 Å². The lowest BCUT2D eigenvalue weighted by Crippen LogP contribution is -2.34. The zero-order chi connectivity index (χ0) is 21.5. The number of carbonyl (C=O) groups is 2. The van der Waals surface area contributed by atoms with Crippen LogP contribution in [0.5, 0.6) is 11.5 Å². The third-order valence-electron chi connectivity index (χ3n) is 3.28. The number of para-hydroxylation sites is 2. The molecule has 0 aliphatic rings. The summed E-state index contributed by atoms with van der Waals surface area (Å²) in [5, 5.41) is -3.92. The van der Waals surface area contributed by atoms with E-state index in [1.165, 1.54) is 12.1 Å². The zero-order valence-corrected chi connectivity index (χ0v) is 16.1. The van der Waals surface area contributed by atoms with Crippen molar-refractivity contribution in [3.05, 3.63) is 49.6 Å². The van der Waals surface area contributed by atoms with Gasteiger partial charge in [-0.2, -0.15) is 16.8 Å². The number of hydrogen-bond donors (Lipinski definition) is 2. The van der Waals surface area contributed by atoms with Gasteiger partial charge in [-0.15, -0.1) is 13.2 Å². The summed E-state index contributed by atoms with van der Waals surface area (Å²) in [7, 11) is -9.60. The summed E-state index contributed by atoms with van der Waals surface area (Å²) in [6.07, 6.45) is 1.28. The van der Waals surface area contributed by atoms with E-state index in [4.69, 9.17) is 18.6 Å². The van der Waals surface area contributed by atoms with Crippen LogP contribution in [0.15, 0.2) is 49.6 Å². The fourth-order valence-electron chi connectivity index (χ4n) is 1.95. The molecule has 0 heterocycles. The van der Waals surface area contributed by atoms with Crippen LogP contribution < -0.4 is 9.47 Å². The highest BCUT2D eigenvalue weighted by Crippen LogP contribution is 2.28. The van der Waals surface area contributed by atoms with Gasteiger partial charge in [0.15, 0.2) is 22.0 Å². The number of hydrogen-bond acceptors (Lipinski definition) is 8. The highest BCUT2D eigenvalue weighted by Gasteiger charge is 2.34. The maximum absolute atomic E-state index is 12.1. The summed E-state index contributed by atoms with van der Waals surface area (Å²) in [6.45, 7) is 6.56. The van der Waals surface area contributed by atoms with Crippen LogP contribution in [-0.4, -0.2) is 48.4 Å². The molecule has 10 nitrogen and oxygen atoms in total. The van der Waals surface area contributed by atoms with Gasteiger partial charge in [-0.1, -0.05) is 24.3 Å². The molecule has 2 atom stereocenters. The molecule has 0 aliphatic heterocycles. The topological polar surface area (TPSA) is 161 Å². The Kier molecular flexibility index (Phi) is 8.05. The molecule has 1 rings (SSSR count).